The van der Waals surface area contributed by atoms with E-state index in [1.807, 2.05) is 0 Å². The van der Waals surface area contributed by atoms with E-state index in [1.54, 1.807) is 6.92 Å². The second-order valence-electron chi connectivity index (χ2n) is 4.03. The van der Waals surface area contributed by atoms with E-state index >= 15 is 0 Å². The fraction of sp³-hybridized carbons (Fsp3) is 0.385. The van der Waals surface area contributed by atoms with Crippen LogP contribution in [0.3, 0.4) is 0 Å². The Bertz CT molecular complexity index is 539. The number of hydrogen-bond donors (Lipinski definition) is 1. The van der Waals surface area contributed by atoms with Crippen molar-refractivity contribution in [2.75, 3.05) is 6.61 Å². The number of carbonyl (C=O) groups is 2. The number of carboxylic acids is 1. The molecule has 116 valence electrons. The van der Waals surface area contributed by atoms with Crippen LogP contribution in [-0.2, 0) is 15.7 Å². The second-order valence-corrected chi connectivity index (χ2v) is 4.03. The van der Waals surface area contributed by atoms with Crippen molar-refractivity contribution in [3.05, 3.63) is 29.3 Å². The van der Waals surface area contributed by atoms with Crippen molar-refractivity contribution in [2.24, 2.45) is 0 Å². The lowest BCUT2D eigenvalue weighted by Gasteiger charge is -2.18. The van der Waals surface area contributed by atoms with Crippen LogP contribution in [0, 0.1) is 0 Å². The van der Waals surface area contributed by atoms with Crippen LogP contribution in [0.15, 0.2) is 18.2 Å². The summed E-state index contributed by atoms with van der Waals surface area (Å²) in [6, 6.07) is 2.28. The fourth-order valence-corrected chi connectivity index (χ4v) is 1.49. The third-order valence-corrected chi connectivity index (χ3v) is 2.45. The molecule has 0 fully saturated rings. The summed E-state index contributed by atoms with van der Waals surface area (Å²) in [5.74, 6) is -2.94. The van der Waals surface area contributed by atoms with Gasteiger partial charge in [0.25, 0.3) is 0 Å². The first-order valence-electron chi connectivity index (χ1n) is 5.94. The third-order valence-electron chi connectivity index (χ3n) is 2.45. The van der Waals surface area contributed by atoms with Gasteiger partial charge in [0.05, 0.1) is 17.7 Å². The van der Waals surface area contributed by atoms with Crippen molar-refractivity contribution in [3.8, 4) is 5.75 Å². The Kier molecular flexibility index (Phi) is 5.17. The second kappa shape index (κ2) is 6.47. The number of carbonyl (C=O) groups excluding carboxylic acids is 1. The van der Waals surface area contributed by atoms with Gasteiger partial charge in [0, 0.05) is 0 Å². The molecule has 1 aromatic carbocycles. The van der Waals surface area contributed by atoms with E-state index in [-0.39, 0.29) is 6.61 Å². The van der Waals surface area contributed by atoms with Crippen LogP contribution in [-0.4, -0.2) is 29.8 Å². The number of benzene rings is 1. The molecule has 1 atom stereocenters. The first-order chi connectivity index (χ1) is 9.66. The molecule has 1 aromatic rings. The molecule has 0 radical (unpaired) electrons. The van der Waals surface area contributed by atoms with Gasteiger partial charge in [0.15, 0.2) is 6.10 Å². The Morgan fingerprint density at radius 2 is 1.95 bits per heavy atom. The lowest BCUT2D eigenvalue weighted by Crippen LogP contribution is -2.27. The summed E-state index contributed by atoms with van der Waals surface area (Å²) < 4.78 is 48.3. The van der Waals surface area contributed by atoms with Crippen LogP contribution < -0.4 is 4.74 Å². The normalized spacial score (nSPS) is 12.6. The average Bonchev–Trinajstić information content (AvgIpc) is 2.37. The molecule has 0 heterocycles. The van der Waals surface area contributed by atoms with Crippen LogP contribution in [0.2, 0.25) is 0 Å². The monoisotopic (exact) mass is 306 g/mol. The van der Waals surface area contributed by atoms with Gasteiger partial charge < -0.3 is 14.6 Å². The number of rotatable bonds is 5. The van der Waals surface area contributed by atoms with Gasteiger partial charge in [-0.25, -0.2) is 9.59 Å². The van der Waals surface area contributed by atoms with Crippen LogP contribution in [0.1, 0.15) is 29.8 Å². The molecule has 0 aromatic heterocycles. The van der Waals surface area contributed by atoms with Crippen LogP contribution >= 0.6 is 0 Å². The summed E-state index contributed by atoms with van der Waals surface area (Å²) >= 11 is 0. The van der Waals surface area contributed by atoms with E-state index in [0.29, 0.717) is 6.07 Å². The number of carboxylic acid groups (broad SMARTS) is 1. The van der Waals surface area contributed by atoms with E-state index in [1.165, 1.54) is 6.92 Å². The molecule has 5 nitrogen and oxygen atoms in total. The number of ether oxygens (including phenoxy) is 2. The fourth-order valence-electron chi connectivity index (χ4n) is 1.49. The smallest absolute Gasteiger partial charge is 0.419 e. The van der Waals surface area contributed by atoms with Crippen molar-refractivity contribution in [2.45, 2.75) is 26.1 Å². The number of alkyl halides is 3. The molecule has 0 saturated carbocycles. The average molecular weight is 306 g/mol. The summed E-state index contributed by atoms with van der Waals surface area (Å²) in [6.45, 7) is 2.85. The van der Waals surface area contributed by atoms with E-state index in [9.17, 15) is 22.8 Å². The Balaban J connectivity index is 3.12. The van der Waals surface area contributed by atoms with E-state index < -0.39 is 41.1 Å². The first-order valence-corrected chi connectivity index (χ1v) is 5.94. The molecular weight excluding hydrogens is 293 g/mol. The predicted octanol–water partition coefficient (Wildman–Crippen LogP) is 2.73. The van der Waals surface area contributed by atoms with Gasteiger partial charge in [-0.2, -0.15) is 13.2 Å². The summed E-state index contributed by atoms with van der Waals surface area (Å²) in [7, 11) is 0. The van der Waals surface area contributed by atoms with Crippen molar-refractivity contribution >= 4 is 11.9 Å². The minimum absolute atomic E-state index is 0.0661. The van der Waals surface area contributed by atoms with Gasteiger partial charge in [0.1, 0.15) is 5.75 Å². The molecular formula is C13H13F3O5. The van der Waals surface area contributed by atoms with Gasteiger partial charge in [0.2, 0.25) is 0 Å². The van der Waals surface area contributed by atoms with Crippen LogP contribution in [0.4, 0.5) is 13.2 Å². The molecule has 21 heavy (non-hydrogen) atoms. The summed E-state index contributed by atoms with van der Waals surface area (Å²) in [4.78, 5) is 22.1. The van der Waals surface area contributed by atoms with Gasteiger partial charge in [-0.1, -0.05) is 0 Å². The van der Waals surface area contributed by atoms with Crippen LogP contribution in [0.5, 0.6) is 5.75 Å². The maximum Gasteiger partial charge on any atom is 0.419 e. The summed E-state index contributed by atoms with van der Waals surface area (Å²) in [5, 5.41) is 8.72. The predicted molar refractivity (Wildman–Crippen MR) is 65.1 cm³/mol. The highest BCUT2D eigenvalue weighted by Crippen LogP contribution is 2.37. The zero-order valence-corrected chi connectivity index (χ0v) is 11.2. The Morgan fingerprint density at radius 1 is 1.33 bits per heavy atom. The summed E-state index contributed by atoms with van der Waals surface area (Å²) in [6.07, 6.45) is -6.06. The SMILES string of the molecule is CCOC(=O)C(C)Oc1ccc(C(=O)O)cc1C(F)(F)F. The molecule has 0 saturated heterocycles. The highest BCUT2D eigenvalue weighted by molar-refractivity contribution is 5.88. The Labute approximate surface area is 118 Å². The maximum absolute atomic E-state index is 12.9. The lowest BCUT2D eigenvalue weighted by molar-refractivity contribution is -0.152. The topological polar surface area (TPSA) is 72.8 Å². The molecule has 0 spiro atoms. The first kappa shape index (κ1) is 16.8. The number of halogens is 3. The number of esters is 1. The van der Waals surface area contributed by atoms with Crippen molar-refractivity contribution in [1.29, 1.82) is 0 Å². The molecule has 1 unspecified atom stereocenters. The molecule has 1 rings (SSSR count). The zero-order valence-electron chi connectivity index (χ0n) is 11.2. The highest BCUT2D eigenvalue weighted by Gasteiger charge is 2.36. The highest BCUT2D eigenvalue weighted by atomic mass is 19.4. The van der Waals surface area contributed by atoms with Gasteiger partial charge in [-0.3, -0.25) is 0 Å². The quantitative estimate of drug-likeness (QED) is 0.847. The minimum Gasteiger partial charge on any atom is -0.478 e. The van der Waals surface area contributed by atoms with Crippen molar-refractivity contribution < 1.29 is 37.3 Å². The largest absolute Gasteiger partial charge is 0.478 e. The van der Waals surface area contributed by atoms with E-state index in [0.717, 1.165) is 12.1 Å². The van der Waals surface area contributed by atoms with E-state index in [4.69, 9.17) is 9.84 Å². The number of hydrogen-bond acceptors (Lipinski definition) is 4. The third kappa shape index (κ3) is 4.37. The lowest BCUT2D eigenvalue weighted by atomic mass is 10.1. The van der Waals surface area contributed by atoms with Gasteiger partial charge in [-0.05, 0) is 32.0 Å². The van der Waals surface area contributed by atoms with Gasteiger partial charge >= 0.3 is 18.1 Å². The molecule has 1 N–H and O–H groups in total. The molecule has 0 bridgehead atoms. The van der Waals surface area contributed by atoms with Crippen molar-refractivity contribution in [3.63, 3.8) is 0 Å². The molecule has 0 aliphatic carbocycles. The molecule has 0 aliphatic rings. The standard InChI is InChI=1S/C13H13F3O5/c1-3-20-12(19)7(2)21-10-5-4-8(11(17)18)6-9(10)13(14,15)16/h4-7H,3H2,1-2H3,(H,17,18). The Morgan fingerprint density at radius 3 is 2.43 bits per heavy atom. The molecule has 0 amide bonds. The molecule has 0 aliphatic heterocycles. The summed E-state index contributed by atoms with van der Waals surface area (Å²) in [5.41, 5.74) is -1.79. The minimum atomic E-state index is -4.81. The number of aromatic carboxylic acids is 1. The van der Waals surface area contributed by atoms with E-state index in [2.05, 4.69) is 4.74 Å². The van der Waals surface area contributed by atoms with Gasteiger partial charge in [-0.15, -0.1) is 0 Å². The van der Waals surface area contributed by atoms with Crippen LogP contribution in [0.25, 0.3) is 0 Å². The maximum atomic E-state index is 12.9. The van der Waals surface area contributed by atoms with Crippen molar-refractivity contribution in [1.82, 2.24) is 0 Å². The molecule has 8 heteroatoms. The Hall–Kier alpha value is -2.25. The zero-order chi connectivity index (χ0) is 16.2.